The zero-order chi connectivity index (χ0) is 19.2. The maximum absolute atomic E-state index is 13.0. The van der Waals surface area contributed by atoms with E-state index in [9.17, 15) is 18.0 Å². The summed E-state index contributed by atoms with van der Waals surface area (Å²) < 4.78 is 44.3. The molecule has 0 spiro atoms. The minimum absolute atomic E-state index is 0.0197. The van der Waals surface area contributed by atoms with Crippen LogP contribution in [0.5, 0.6) is 0 Å². The lowest BCUT2D eigenvalue weighted by molar-refractivity contribution is -0.137. The number of ether oxygens (including phenoxy) is 1. The van der Waals surface area contributed by atoms with Crippen LogP contribution >= 0.6 is 0 Å². The second kappa shape index (κ2) is 6.16. The molecule has 1 aliphatic heterocycles. The largest absolute Gasteiger partial charge is 0.437 e. The summed E-state index contributed by atoms with van der Waals surface area (Å²) >= 11 is 0. The standard InChI is InChI=1S/C21H14F3NO2/c22-21(23,24)15-6-3-5-14(10-15)18-19(26)17(27-20(18)25)11-13-9-8-12-4-1-2-7-16(12)13/h1-11,13H,25H2/b17-11-. The van der Waals surface area contributed by atoms with Gasteiger partial charge in [-0.15, -0.1) is 0 Å². The van der Waals surface area contributed by atoms with Crippen LogP contribution in [-0.2, 0) is 15.7 Å². The van der Waals surface area contributed by atoms with Crippen LogP contribution in [0, 0.1) is 0 Å². The van der Waals surface area contributed by atoms with Crippen molar-refractivity contribution in [1.29, 1.82) is 0 Å². The second-order valence-electron chi connectivity index (χ2n) is 6.29. The van der Waals surface area contributed by atoms with Crippen molar-refractivity contribution in [2.75, 3.05) is 0 Å². The van der Waals surface area contributed by atoms with Gasteiger partial charge < -0.3 is 10.5 Å². The van der Waals surface area contributed by atoms with Crippen molar-refractivity contribution >= 4 is 17.4 Å². The number of halogens is 3. The fourth-order valence-corrected chi connectivity index (χ4v) is 3.27. The normalized spacial score (nSPS) is 20.3. The van der Waals surface area contributed by atoms with Gasteiger partial charge in [0.2, 0.25) is 11.7 Å². The Balaban J connectivity index is 1.66. The van der Waals surface area contributed by atoms with E-state index >= 15 is 0 Å². The van der Waals surface area contributed by atoms with E-state index in [0.29, 0.717) is 0 Å². The monoisotopic (exact) mass is 369 g/mol. The highest BCUT2D eigenvalue weighted by atomic mass is 19.4. The van der Waals surface area contributed by atoms with Crippen molar-refractivity contribution in [3.05, 3.63) is 94.6 Å². The number of ketones is 1. The van der Waals surface area contributed by atoms with Crippen LogP contribution in [0.4, 0.5) is 13.2 Å². The number of Topliss-reactive ketones (excluding diaryl/α,β-unsaturated/α-hetero) is 1. The van der Waals surface area contributed by atoms with Gasteiger partial charge in [-0.3, -0.25) is 4.79 Å². The molecule has 2 aliphatic rings. The van der Waals surface area contributed by atoms with Crippen molar-refractivity contribution in [2.45, 2.75) is 12.1 Å². The molecule has 1 aliphatic carbocycles. The molecule has 0 saturated carbocycles. The molecule has 0 saturated heterocycles. The van der Waals surface area contributed by atoms with Crippen molar-refractivity contribution < 1.29 is 22.7 Å². The van der Waals surface area contributed by atoms with Gasteiger partial charge in [0.15, 0.2) is 5.76 Å². The zero-order valence-corrected chi connectivity index (χ0v) is 14.0. The van der Waals surface area contributed by atoms with Gasteiger partial charge in [0.05, 0.1) is 11.1 Å². The number of rotatable bonds is 2. The lowest BCUT2D eigenvalue weighted by Gasteiger charge is -2.08. The van der Waals surface area contributed by atoms with Crippen LogP contribution < -0.4 is 5.73 Å². The topological polar surface area (TPSA) is 52.3 Å². The molecule has 136 valence electrons. The van der Waals surface area contributed by atoms with Gasteiger partial charge in [0, 0.05) is 5.92 Å². The Labute approximate surface area is 153 Å². The number of benzene rings is 2. The van der Waals surface area contributed by atoms with Gasteiger partial charge in [-0.25, -0.2) is 0 Å². The first-order valence-electron chi connectivity index (χ1n) is 8.23. The first kappa shape index (κ1) is 17.1. The average Bonchev–Trinajstić information content (AvgIpc) is 3.16. The molecule has 0 bridgehead atoms. The number of carbonyl (C=O) groups excluding carboxylic acids is 1. The highest BCUT2D eigenvalue weighted by molar-refractivity contribution is 6.30. The van der Waals surface area contributed by atoms with Crippen LogP contribution in [0.15, 0.2) is 72.3 Å². The summed E-state index contributed by atoms with van der Waals surface area (Å²) in [5.41, 5.74) is 7.06. The highest BCUT2D eigenvalue weighted by Gasteiger charge is 2.34. The molecule has 0 aromatic heterocycles. The van der Waals surface area contributed by atoms with E-state index in [1.54, 1.807) is 6.08 Å². The Morgan fingerprint density at radius 3 is 2.63 bits per heavy atom. The van der Waals surface area contributed by atoms with E-state index in [4.69, 9.17) is 10.5 Å². The minimum Gasteiger partial charge on any atom is -0.437 e. The Morgan fingerprint density at radius 2 is 1.85 bits per heavy atom. The third kappa shape index (κ3) is 3.03. The van der Waals surface area contributed by atoms with Gasteiger partial charge in [0.25, 0.3) is 0 Å². The molecule has 3 nitrogen and oxygen atoms in total. The smallest absolute Gasteiger partial charge is 0.416 e. The predicted octanol–water partition coefficient (Wildman–Crippen LogP) is 4.63. The van der Waals surface area contributed by atoms with Crippen molar-refractivity contribution in [3.8, 4) is 0 Å². The summed E-state index contributed by atoms with van der Waals surface area (Å²) in [4.78, 5) is 12.7. The Hall–Kier alpha value is -3.28. The van der Waals surface area contributed by atoms with Crippen LogP contribution in [0.3, 0.4) is 0 Å². The second-order valence-corrected chi connectivity index (χ2v) is 6.29. The molecule has 2 aromatic rings. The molecule has 1 unspecified atom stereocenters. The molecule has 0 fully saturated rings. The van der Waals surface area contributed by atoms with Gasteiger partial charge in [-0.1, -0.05) is 48.6 Å². The molecule has 4 rings (SSSR count). The third-order valence-corrected chi connectivity index (χ3v) is 4.56. The number of alkyl halides is 3. The molecule has 2 aromatic carbocycles. The average molecular weight is 369 g/mol. The first-order chi connectivity index (χ1) is 12.8. The van der Waals surface area contributed by atoms with Crippen molar-refractivity contribution in [3.63, 3.8) is 0 Å². The van der Waals surface area contributed by atoms with Crippen molar-refractivity contribution in [2.24, 2.45) is 5.73 Å². The molecule has 2 N–H and O–H groups in total. The lowest BCUT2D eigenvalue weighted by atomic mass is 9.96. The van der Waals surface area contributed by atoms with E-state index in [-0.39, 0.29) is 28.7 Å². The summed E-state index contributed by atoms with van der Waals surface area (Å²) in [6.45, 7) is 0. The van der Waals surface area contributed by atoms with E-state index in [1.165, 1.54) is 12.1 Å². The summed E-state index contributed by atoms with van der Waals surface area (Å²) in [6.07, 6.45) is 0.997. The number of hydrogen-bond donors (Lipinski definition) is 1. The maximum atomic E-state index is 13.0. The molecule has 27 heavy (non-hydrogen) atoms. The Bertz CT molecular complexity index is 1030. The van der Waals surface area contributed by atoms with Crippen LogP contribution in [0.1, 0.15) is 28.2 Å². The van der Waals surface area contributed by atoms with Gasteiger partial charge >= 0.3 is 6.18 Å². The molecule has 6 heteroatoms. The zero-order valence-electron chi connectivity index (χ0n) is 14.0. The number of carbonyl (C=O) groups is 1. The number of hydrogen-bond acceptors (Lipinski definition) is 3. The quantitative estimate of drug-likeness (QED) is 0.786. The molecule has 1 atom stereocenters. The fourth-order valence-electron chi connectivity index (χ4n) is 3.27. The lowest BCUT2D eigenvalue weighted by Crippen LogP contribution is -2.07. The van der Waals surface area contributed by atoms with Crippen molar-refractivity contribution in [1.82, 2.24) is 0 Å². The molecule has 0 amide bonds. The minimum atomic E-state index is -4.51. The van der Waals surface area contributed by atoms with E-state index in [2.05, 4.69) is 0 Å². The summed E-state index contributed by atoms with van der Waals surface area (Å²) in [5, 5.41) is 0. The highest BCUT2D eigenvalue weighted by Crippen LogP contribution is 2.37. The summed E-state index contributed by atoms with van der Waals surface area (Å²) in [5.74, 6) is -0.856. The molecular weight excluding hydrogens is 355 g/mol. The first-order valence-corrected chi connectivity index (χ1v) is 8.23. The van der Waals surface area contributed by atoms with Crippen LogP contribution in [-0.4, -0.2) is 5.78 Å². The Morgan fingerprint density at radius 1 is 1.07 bits per heavy atom. The fraction of sp³-hybridized carbons (Fsp3) is 0.0952. The van der Waals surface area contributed by atoms with E-state index < -0.39 is 17.5 Å². The molecule has 0 radical (unpaired) electrons. The number of fused-ring (bicyclic) bond motifs is 1. The van der Waals surface area contributed by atoms with Crippen LogP contribution in [0.25, 0.3) is 11.6 Å². The van der Waals surface area contributed by atoms with Gasteiger partial charge in [-0.2, -0.15) is 13.2 Å². The SMILES string of the molecule is NC1=C(c2cccc(C(F)(F)F)c2)C(=O)/C(=C/C2C=Cc3ccccc32)O1. The Kier molecular flexibility index (Phi) is 3.91. The number of nitrogens with two attached hydrogens (primary N) is 1. The number of allylic oxidation sites excluding steroid dienone is 3. The predicted molar refractivity (Wildman–Crippen MR) is 94.9 cm³/mol. The van der Waals surface area contributed by atoms with E-state index in [0.717, 1.165) is 23.3 Å². The molecular formula is C21H14F3NO2. The maximum Gasteiger partial charge on any atom is 0.416 e. The summed E-state index contributed by atoms with van der Waals surface area (Å²) in [6, 6.07) is 12.2. The summed E-state index contributed by atoms with van der Waals surface area (Å²) in [7, 11) is 0. The molecule has 1 heterocycles. The van der Waals surface area contributed by atoms with E-state index in [1.807, 2.05) is 36.4 Å². The van der Waals surface area contributed by atoms with Gasteiger partial charge in [0.1, 0.15) is 0 Å². The van der Waals surface area contributed by atoms with Crippen LogP contribution in [0.2, 0.25) is 0 Å². The van der Waals surface area contributed by atoms with Gasteiger partial charge in [-0.05, 0) is 34.9 Å². The third-order valence-electron chi connectivity index (χ3n) is 4.56.